The van der Waals surface area contributed by atoms with E-state index in [-0.39, 0.29) is 5.91 Å². The molecule has 1 heterocycles. The molecule has 1 amide bonds. The van der Waals surface area contributed by atoms with Crippen molar-refractivity contribution in [2.75, 3.05) is 13.2 Å². The highest BCUT2D eigenvalue weighted by Gasteiger charge is 2.11. The third-order valence-corrected chi connectivity index (χ3v) is 5.53. The van der Waals surface area contributed by atoms with E-state index in [4.69, 9.17) is 9.72 Å². The Morgan fingerprint density at radius 2 is 1.97 bits per heavy atom. The first-order valence-corrected chi connectivity index (χ1v) is 11.4. The molecular weight excluding hydrogens is 386 g/mol. The van der Waals surface area contributed by atoms with Crippen molar-refractivity contribution in [3.05, 3.63) is 59.4 Å². The summed E-state index contributed by atoms with van der Waals surface area (Å²) in [6.07, 6.45) is 3.16. The molecule has 0 aliphatic heterocycles. The summed E-state index contributed by atoms with van der Waals surface area (Å²) in [7, 11) is 0. The van der Waals surface area contributed by atoms with Gasteiger partial charge in [-0.25, -0.2) is 4.98 Å². The Kier molecular flexibility index (Phi) is 8.10. The van der Waals surface area contributed by atoms with Gasteiger partial charge in [0, 0.05) is 25.9 Å². The van der Waals surface area contributed by atoms with Crippen LogP contribution in [-0.2, 0) is 17.8 Å². The molecular formula is C26H35N3O2. The molecule has 0 aliphatic carbocycles. The second kappa shape index (κ2) is 11.0. The van der Waals surface area contributed by atoms with Crippen molar-refractivity contribution >= 4 is 16.9 Å². The zero-order chi connectivity index (χ0) is 22.2. The second-order valence-electron chi connectivity index (χ2n) is 8.37. The normalized spacial score (nSPS) is 11.3. The summed E-state index contributed by atoms with van der Waals surface area (Å²) in [6, 6.07) is 14.7. The average Bonchev–Trinajstić information content (AvgIpc) is 3.11. The van der Waals surface area contributed by atoms with E-state index in [0.29, 0.717) is 25.5 Å². The summed E-state index contributed by atoms with van der Waals surface area (Å²) in [5.41, 5.74) is 4.66. The number of rotatable bonds is 11. The van der Waals surface area contributed by atoms with Gasteiger partial charge in [-0.2, -0.15) is 0 Å². The molecule has 3 aromatic rings. The second-order valence-corrected chi connectivity index (χ2v) is 8.37. The average molecular weight is 422 g/mol. The van der Waals surface area contributed by atoms with Crippen molar-refractivity contribution in [3.8, 4) is 5.75 Å². The van der Waals surface area contributed by atoms with Gasteiger partial charge < -0.3 is 14.6 Å². The molecule has 0 aliphatic rings. The topological polar surface area (TPSA) is 56.2 Å². The van der Waals surface area contributed by atoms with E-state index in [1.807, 2.05) is 13.0 Å². The summed E-state index contributed by atoms with van der Waals surface area (Å²) >= 11 is 0. The van der Waals surface area contributed by atoms with Crippen LogP contribution in [0.15, 0.2) is 42.5 Å². The van der Waals surface area contributed by atoms with Crippen LogP contribution in [0.1, 0.15) is 62.9 Å². The molecule has 0 unspecified atom stereocenters. The van der Waals surface area contributed by atoms with Crippen LogP contribution in [0.5, 0.6) is 5.75 Å². The zero-order valence-corrected chi connectivity index (χ0v) is 19.3. The van der Waals surface area contributed by atoms with Crippen molar-refractivity contribution in [2.45, 2.75) is 65.8 Å². The number of nitrogens with one attached hydrogen (secondary N) is 1. The van der Waals surface area contributed by atoms with Gasteiger partial charge in [0.15, 0.2) is 0 Å². The van der Waals surface area contributed by atoms with E-state index < -0.39 is 0 Å². The fourth-order valence-corrected chi connectivity index (χ4v) is 3.81. The number of aryl methyl sites for hydroxylation is 3. The van der Waals surface area contributed by atoms with Crippen LogP contribution < -0.4 is 10.1 Å². The zero-order valence-electron chi connectivity index (χ0n) is 19.3. The number of hydrogen-bond acceptors (Lipinski definition) is 3. The third-order valence-electron chi connectivity index (χ3n) is 5.53. The van der Waals surface area contributed by atoms with Crippen LogP contribution in [0.4, 0.5) is 0 Å². The maximum Gasteiger partial charge on any atom is 0.219 e. The lowest BCUT2D eigenvalue weighted by atomic mass is 10.0. The molecule has 5 heteroatoms. The lowest BCUT2D eigenvalue weighted by molar-refractivity contribution is -0.120. The number of amides is 1. The Labute approximate surface area is 185 Å². The summed E-state index contributed by atoms with van der Waals surface area (Å²) in [6.45, 7) is 10.6. The van der Waals surface area contributed by atoms with Gasteiger partial charge in [0.2, 0.25) is 5.91 Å². The lowest BCUT2D eigenvalue weighted by Crippen LogP contribution is -2.23. The molecule has 5 nitrogen and oxygen atoms in total. The van der Waals surface area contributed by atoms with E-state index in [1.165, 1.54) is 11.1 Å². The number of aromatic nitrogens is 2. The Bertz CT molecular complexity index is 1010. The fourth-order valence-electron chi connectivity index (χ4n) is 3.81. The Hall–Kier alpha value is -2.82. The van der Waals surface area contributed by atoms with Crippen molar-refractivity contribution in [3.63, 3.8) is 0 Å². The summed E-state index contributed by atoms with van der Waals surface area (Å²) < 4.78 is 8.49. The van der Waals surface area contributed by atoms with Crippen molar-refractivity contribution < 1.29 is 9.53 Å². The van der Waals surface area contributed by atoms with E-state index in [2.05, 4.69) is 67.1 Å². The third kappa shape index (κ3) is 6.09. The number of benzene rings is 2. The molecule has 0 saturated carbocycles. The number of imidazole rings is 1. The molecule has 0 fully saturated rings. The maximum absolute atomic E-state index is 11.5. The highest BCUT2D eigenvalue weighted by atomic mass is 16.5. The SMILES string of the molecule is CCC(=O)NCCCc1nc2ccccc2n1CCCOc1cc(C)ccc1C(C)C. The van der Waals surface area contributed by atoms with E-state index in [9.17, 15) is 4.79 Å². The largest absolute Gasteiger partial charge is 0.493 e. The van der Waals surface area contributed by atoms with E-state index in [1.54, 1.807) is 0 Å². The van der Waals surface area contributed by atoms with Gasteiger partial charge in [-0.3, -0.25) is 4.79 Å². The highest BCUT2D eigenvalue weighted by molar-refractivity contribution is 5.76. The van der Waals surface area contributed by atoms with Gasteiger partial charge >= 0.3 is 0 Å². The Morgan fingerprint density at radius 1 is 1.16 bits per heavy atom. The maximum atomic E-state index is 11.5. The number of para-hydroxylation sites is 2. The van der Waals surface area contributed by atoms with Crippen LogP contribution in [0.3, 0.4) is 0 Å². The molecule has 2 aromatic carbocycles. The van der Waals surface area contributed by atoms with Gasteiger partial charge in [0.1, 0.15) is 11.6 Å². The molecule has 0 atom stereocenters. The first kappa shape index (κ1) is 22.9. The molecule has 0 bridgehead atoms. The smallest absolute Gasteiger partial charge is 0.219 e. The highest BCUT2D eigenvalue weighted by Crippen LogP contribution is 2.27. The van der Waals surface area contributed by atoms with Crippen LogP contribution in [0, 0.1) is 6.92 Å². The van der Waals surface area contributed by atoms with Crippen molar-refractivity contribution in [1.29, 1.82) is 0 Å². The van der Waals surface area contributed by atoms with Gasteiger partial charge in [0.25, 0.3) is 0 Å². The minimum atomic E-state index is 0.0996. The lowest BCUT2D eigenvalue weighted by Gasteiger charge is -2.15. The molecule has 31 heavy (non-hydrogen) atoms. The number of carbonyl (C=O) groups is 1. The number of ether oxygens (including phenoxy) is 1. The molecule has 0 spiro atoms. The van der Waals surface area contributed by atoms with Crippen LogP contribution in [-0.4, -0.2) is 28.6 Å². The summed E-state index contributed by atoms with van der Waals surface area (Å²) in [5, 5.41) is 2.95. The number of hydrogen-bond donors (Lipinski definition) is 1. The van der Waals surface area contributed by atoms with Crippen LogP contribution >= 0.6 is 0 Å². The van der Waals surface area contributed by atoms with Crippen molar-refractivity contribution in [1.82, 2.24) is 14.9 Å². The Morgan fingerprint density at radius 3 is 2.74 bits per heavy atom. The molecule has 1 aromatic heterocycles. The number of nitrogens with zero attached hydrogens (tertiary/aromatic N) is 2. The number of carbonyl (C=O) groups excluding carboxylic acids is 1. The summed E-state index contributed by atoms with van der Waals surface area (Å²) in [4.78, 5) is 16.3. The Balaban J connectivity index is 1.63. The summed E-state index contributed by atoms with van der Waals surface area (Å²) in [5.74, 6) is 2.61. The monoisotopic (exact) mass is 421 g/mol. The predicted molar refractivity (Wildman–Crippen MR) is 127 cm³/mol. The van der Waals surface area contributed by atoms with Gasteiger partial charge in [-0.1, -0.05) is 45.0 Å². The molecule has 166 valence electrons. The fraction of sp³-hybridized carbons (Fsp3) is 0.462. The van der Waals surface area contributed by atoms with Gasteiger partial charge in [-0.15, -0.1) is 0 Å². The van der Waals surface area contributed by atoms with Crippen LogP contribution in [0.25, 0.3) is 11.0 Å². The molecule has 1 N–H and O–H groups in total. The first-order chi connectivity index (χ1) is 15.0. The van der Waals surface area contributed by atoms with Crippen molar-refractivity contribution in [2.24, 2.45) is 0 Å². The minimum absolute atomic E-state index is 0.0996. The van der Waals surface area contributed by atoms with E-state index >= 15 is 0 Å². The minimum Gasteiger partial charge on any atom is -0.493 e. The number of fused-ring (bicyclic) bond motifs is 1. The molecule has 3 rings (SSSR count). The van der Waals surface area contributed by atoms with E-state index in [0.717, 1.165) is 48.4 Å². The van der Waals surface area contributed by atoms with Gasteiger partial charge in [-0.05, 0) is 55.0 Å². The van der Waals surface area contributed by atoms with Crippen LogP contribution in [0.2, 0.25) is 0 Å². The predicted octanol–water partition coefficient (Wildman–Crippen LogP) is 5.40. The standard InChI is InChI=1S/C26H35N3O2/c1-5-26(30)27-15-8-12-25-28-22-10-6-7-11-23(22)29(25)16-9-17-31-24-18-20(4)13-14-21(24)19(2)3/h6-7,10-11,13-14,18-19H,5,8-9,12,15-17H2,1-4H3,(H,27,30). The molecule has 0 radical (unpaired) electrons. The molecule has 0 saturated heterocycles. The van der Waals surface area contributed by atoms with Gasteiger partial charge in [0.05, 0.1) is 17.6 Å². The first-order valence-electron chi connectivity index (χ1n) is 11.4. The quantitative estimate of drug-likeness (QED) is 0.422.